The second-order valence-corrected chi connectivity index (χ2v) is 5.90. The first-order valence-corrected chi connectivity index (χ1v) is 7.35. The molecule has 19 heavy (non-hydrogen) atoms. The van der Waals surface area contributed by atoms with Crippen molar-refractivity contribution in [2.45, 2.75) is 63.8 Å². The standard InChI is InChI=1S/C14H22N2O3/c1-9-13(17)15-7-4-3-5-12(15)14(18)16(9)11-6-8-19-10(11)2/h9-12H,3-8H2,1-2H3. The Morgan fingerprint density at radius 1 is 1.11 bits per heavy atom. The molecule has 3 aliphatic heterocycles. The van der Waals surface area contributed by atoms with Gasteiger partial charge in [-0.1, -0.05) is 0 Å². The number of piperazine rings is 1. The predicted molar refractivity (Wildman–Crippen MR) is 69.5 cm³/mol. The van der Waals surface area contributed by atoms with E-state index in [2.05, 4.69) is 0 Å². The van der Waals surface area contributed by atoms with Crippen LogP contribution in [-0.4, -0.2) is 59.0 Å². The summed E-state index contributed by atoms with van der Waals surface area (Å²) >= 11 is 0. The molecule has 0 aliphatic carbocycles. The molecule has 0 aromatic heterocycles. The first-order valence-electron chi connectivity index (χ1n) is 7.35. The Kier molecular flexibility index (Phi) is 3.25. The van der Waals surface area contributed by atoms with E-state index in [1.54, 1.807) is 4.90 Å². The number of carbonyl (C=O) groups excluding carboxylic acids is 2. The predicted octanol–water partition coefficient (Wildman–Crippen LogP) is 0.776. The third-order valence-electron chi connectivity index (χ3n) is 4.79. The van der Waals surface area contributed by atoms with Crippen molar-refractivity contribution in [3.05, 3.63) is 0 Å². The van der Waals surface area contributed by atoms with E-state index in [1.807, 2.05) is 18.7 Å². The summed E-state index contributed by atoms with van der Waals surface area (Å²) < 4.78 is 5.57. The molecule has 3 saturated heterocycles. The molecule has 3 heterocycles. The van der Waals surface area contributed by atoms with E-state index in [0.717, 1.165) is 32.2 Å². The molecule has 0 saturated carbocycles. The molecule has 0 spiro atoms. The van der Waals surface area contributed by atoms with E-state index in [4.69, 9.17) is 4.74 Å². The van der Waals surface area contributed by atoms with Crippen LogP contribution in [0.15, 0.2) is 0 Å². The smallest absolute Gasteiger partial charge is 0.246 e. The van der Waals surface area contributed by atoms with Gasteiger partial charge in [-0.05, 0) is 39.5 Å². The number of rotatable bonds is 1. The van der Waals surface area contributed by atoms with Crippen LogP contribution in [0.5, 0.6) is 0 Å². The summed E-state index contributed by atoms with van der Waals surface area (Å²) in [5.74, 6) is 0.248. The fourth-order valence-corrected chi connectivity index (χ4v) is 3.71. The number of carbonyl (C=O) groups is 2. The van der Waals surface area contributed by atoms with Crippen LogP contribution in [-0.2, 0) is 14.3 Å². The molecule has 3 aliphatic rings. The first kappa shape index (κ1) is 12.9. The van der Waals surface area contributed by atoms with Gasteiger partial charge in [0.15, 0.2) is 0 Å². The maximum absolute atomic E-state index is 12.7. The average molecular weight is 266 g/mol. The molecule has 3 fully saturated rings. The Bertz CT molecular complexity index is 398. The number of amides is 2. The molecule has 0 bridgehead atoms. The van der Waals surface area contributed by atoms with Crippen LogP contribution in [0.1, 0.15) is 39.5 Å². The molecule has 5 nitrogen and oxygen atoms in total. The maximum atomic E-state index is 12.7. The summed E-state index contributed by atoms with van der Waals surface area (Å²) in [5.41, 5.74) is 0. The van der Waals surface area contributed by atoms with Crippen molar-refractivity contribution in [2.24, 2.45) is 0 Å². The van der Waals surface area contributed by atoms with Gasteiger partial charge in [-0.2, -0.15) is 0 Å². The summed E-state index contributed by atoms with van der Waals surface area (Å²) in [7, 11) is 0. The van der Waals surface area contributed by atoms with Gasteiger partial charge in [0.05, 0.1) is 12.1 Å². The van der Waals surface area contributed by atoms with Crippen LogP contribution in [0.4, 0.5) is 0 Å². The normalized spacial score (nSPS) is 39.7. The minimum atomic E-state index is -0.337. The second-order valence-electron chi connectivity index (χ2n) is 5.90. The lowest BCUT2D eigenvalue weighted by molar-refractivity contribution is -0.166. The van der Waals surface area contributed by atoms with Crippen molar-refractivity contribution < 1.29 is 14.3 Å². The molecule has 0 aromatic carbocycles. The Hall–Kier alpha value is -1.10. The van der Waals surface area contributed by atoms with Crippen molar-refractivity contribution in [2.75, 3.05) is 13.2 Å². The number of piperidine rings is 1. The Morgan fingerprint density at radius 2 is 1.89 bits per heavy atom. The van der Waals surface area contributed by atoms with Gasteiger partial charge in [-0.3, -0.25) is 9.59 Å². The van der Waals surface area contributed by atoms with E-state index in [9.17, 15) is 9.59 Å². The van der Waals surface area contributed by atoms with Crippen molar-refractivity contribution in [3.63, 3.8) is 0 Å². The van der Waals surface area contributed by atoms with Gasteiger partial charge in [0.2, 0.25) is 11.8 Å². The summed E-state index contributed by atoms with van der Waals surface area (Å²) in [6.07, 6.45) is 3.76. The molecule has 0 N–H and O–H groups in total. The number of fused-ring (bicyclic) bond motifs is 1. The van der Waals surface area contributed by atoms with Gasteiger partial charge in [-0.15, -0.1) is 0 Å². The molecule has 4 unspecified atom stereocenters. The number of hydrogen-bond donors (Lipinski definition) is 0. The summed E-state index contributed by atoms with van der Waals surface area (Å²) in [4.78, 5) is 28.8. The topological polar surface area (TPSA) is 49.9 Å². The minimum Gasteiger partial charge on any atom is -0.376 e. The Labute approximate surface area is 113 Å². The summed E-state index contributed by atoms with van der Waals surface area (Å²) in [6, 6.07) is -0.489. The van der Waals surface area contributed by atoms with E-state index >= 15 is 0 Å². The van der Waals surface area contributed by atoms with Gasteiger partial charge in [0.1, 0.15) is 12.1 Å². The lowest BCUT2D eigenvalue weighted by Gasteiger charge is -2.48. The second kappa shape index (κ2) is 4.78. The average Bonchev–Trinajstić information content (AvgIpc) is 2.83. The van der Waals surface area contributed by atoms with Gasteiger partial charge in [0, 0.05) is 13.2 Å². The molecular formula is C14H22N2O3. The summed E-state index contributed by atoms with van der Waals surface area (Å²) in [6.45, 7) is 5.28. The fraction of sp³-hybridized carbons (Fsp3) is 0.857. The highest BCUT2D eigenvalue weighted by molar-refractivity contribution is 5.97. The Balaban J connectivity index is 1.87. The molecule has 0 aromatic rings. The fourth-order valence-electron chi connectivity index (χ4n) is 3.71. The van der Waals surface area contributed by atoms with Crippen LogP contribution in [0.3, 0.4) is 0 Å². The molecule has 3 rings (SSSR count). The highest BCUT2D eigenvalue weighted by Gasteiger charge is 2.48. The van der Waals surface area contributed by atoms with Crippen LogP contribution in [0, 0.1) is 0 Å². The van der Waals surface area contributed by atoms with Crippen molar-refractivity contribution >= 4 is 11.8 Å². The first-order chi connectivity index (χ1) is 9.11. The van der Waals surface area contributed by atoms with Crippen LogP contribution in [0.2, 0.25) is 0 Å². The maximum Gasteiger partial charge on any atom is 0.246 e. The zero-order chi connectivity index (χ0) is 13.6. The lowest BCUT2D eigenvalue weighted by atomic mass is 9.93. The zero-order valence-corrected chi connectivity index (χ0v) is 11.7. The molecule has 4 atom stereocenters. The summed E-state index contributed by atoms with van der Waals surface area (Å²) in [5, 5.41) is 0. The number of hydrogen-bond acceptors (Lipinski definition) is 3. The van der Waals surface area contributed by atoms with E-state index in [-0.39, 0.29) is 36.0 Å². The van der Waals surface area contributed by atoms with Crippen molar-refractivity contribution in [1.82, 2.24) is 9.80 Å². The highest BCUT2D eigenvalue weighted by atomic mass is 16.5. The van der Waals surface area contributed by atoms with Crippen LogP contribution >= 0.6 is 0 Å². The zero-order valence-electron chi connectivity index (χ0n) is 11.7. The SMILES string of the molecule is CC1OCCC1N1C(=O)C2CCCCN2C(=O)C1C. The lowest BCUT2D eigenvalue weighted by Crippen LogP contribution is -2.67. The largest absolute Gasteiger partial charge is 0.376 e. The number of ether oxygens (including phenoxy) is 1. The quantitative estimate of drug-likeness (QED) is 0.704. The van der Waals surface area contributed by atoms with E-state index in [1.165, 1.54) is 0 Å². The minimum absolute atomic E-state index is 0.0364. The van der Waals surface area contributed by atoms with Gasteiger partial charge < -0.3 is 14.5 Å². The molecule has 2 amide bonds. The molecule has 0 radical (unpaired) electrons. The van der Waals surface area contributed by atoms with Crippen LogP contribution < -0.4 is 0 Å². The number of nitrogens with zero attached hydrogens (tertiary/aromatic N) is 2. The Morgan fingerprint density at radius 3 is 2.58 bits per heavy atom. The van der Waals surface area contributed by atoms with Gasteiger partial charge in [-0.25, -0.2) is 0 Å². The molecule has 5 heteroatoms. The van der Waals surface area contributed by atoms with Crippen molar-refractivity contribution in [1.29, 1.82) is 0 Å². The molecule has 106 valence electrons. The third-order valence-corrected chi connectivity index (χ3v) is 4.79. The third kappa shape index (κ3) is 1.95. The van der Waals surface area contributed by atoms with Gasteiger partial charge >= 0.3 is 0 Å². The highest BCUT2D eigenvalue weighted by Crippen LogP contribution is 2.31. The van der Waals surface area contributed by atoms with Crippen LogP contribution in [0.25, 0.3) is 0 Å². The monoisotopic (exact) mass is 266 g/mol. The molecular weight excluding hydrogens is 244 g/mol. The van der Waals surface area contributed by atoms with Gasteiger partial charge in [0.25, 0.3) is 0 Å². The van der Waals surface area contributed by atoms with Crippen molar-refractivity contribution in [3.8, 4) is 0 Å². The van der Waals surface area contributed by atoms with E-state index < -0.39 is 0 Å². The van der Waals surface area contributed by atoms with E-state index in [0.29, 0.717) is 6.61 Å².